The van der Waals surface area contributed by atoms with Crippen molar-refractivity contribution in [1.82, 2.24) is 10.3 Å². The molecular weight excluding hydrogens is 312 g/mol. The van der Waals surface area contributed by atoms with Crippen LogP contribution in [0.4, 0.5) is 0 Å². The molecule has 0 fully saturated rings. The van der Waals surface area contributed by atoms with E-state index >= 15 is 0 Å². The summed E-state index contributed by atoms with van der Waals surface area (Å²) in [4.78, 5) is 16.6. The number of rotatable bonds is 3. The van der Waals surface area contributed by atoms with Crippen molar-refractivity contribution in [3.63, 3.8) is 0 Å². The fourth-order valence-electron chi connectivity index (χ4n) is 3.13. The van der Waals surface area contributed by atoms with Crippen molar-refractivity contribution in [3.05, 3.63) is 52.9 Å². The van der Waals surface area contributed by atoms with Gasteiger partial charge in [0.15, 0.2) is 0 Å². The van der Waals surface area contributed by atoms with E-state index in [2.05, 4.69) is 10.3 Å². The predicted molar refractivity (Wildman–Crippen MR) is 87.5 cm³/mol. The Bertz CT molecular complexity index is 869. The van der Waals surface area contributed by atoms with Gasteiger partial charge >= 0.3 is 0 Å². The van der Waals surface area contributed by atoms with Crippen LogP contribution in [0.3, 0.4) is 0 Å². The summed E-state index contributed by atoms with van der Waals surface area (Å²) in [7, 11) is 0. The number of benzene rings is 1. The summed E-state index contributed by atoms with van der Waals surface area (Å²) in [6.45, 7) is 0.180. The molecule has 0 spiro atoms. The summed E-state index contributed by atoms with van der Waals surface area (Å²) >= 11 is 1.50. The third-order valence-corrected chi connectivity index (χ3v) is 5.17. The highest BCUT2D eigenvalue weighted by molar-refractivity contribution is 7.16. The molecule has 0 bridgehead atoms. The number of amides is 1. The SMILES string of the molecule is O=C(NCC1(O)CCCc2occc21)c1ccc2ncsc2c1. The summed E-state index contributed by atoms with van der Waals surface area (Å²) in [6.07, 6.45) is 3.90. The molecule has 0 saturated carbocycles. The van der Waals surface area contributed by atoms with Crippen molar-refractivity contribution in [2.75, 3.05) is 6.54 Å². The van der Waals surface area contributed by atoms with Crippen molar-refractivity contribution < 1.29 is 14.3 Å². The Labute approximate surface area is 137 Å². The average Bonchev–Trinajstić information content (AvgIpc) is 3.21. The molecule has 23 heavy (non-hydrogen) atoms. The summed E-state index contributed by atoms with van der Waals surface area (Å²) in [5.41, 5.74) is 2.97. The lowest BCUT2D eigenvalue weighted by atomic mass is 9.83. The lowest BCUT2D eigenvalue weighted by molar-refractivity contribution is 0.0169. The molecule has 5 nitrogen and oxygen atoms in total. The molecule has 1 unspecified atom stereocenters. The van der Waals surface area contributed by atoms with Crippen LogP contribution in [0.25, 0.3) is 10.2 Å². The van der Waals surface area contributed by atoms with Gasteiger partial charge in [-0.05, 0) is 37.1 Å². The maximum Gasteiger partial charge on any atom is 0.251 e. The molecule has 4 rings (SSSR count). The van der Waals surface area contributed by atoms with Crippen LogP contribution in [0, 0.1) is 0 Å². The largest absolute Gasteiger partial charge is 0.469 e. The number of nitrogens with zero attached hydrogens (tertiary/aromatic N) is 1. The van der Waals surface area contributed by atoms with Crippen LogP contribution in [0.1, 0.15) is 34.5 Å². The number of nitrogens with one attached hydrogen (secondary N) is 1. The van der Waals surface area contributed by atoms with Crippen molar-refractivity contribution in [2.24, 2.45) is 0 Å². The van der Waals surface area contributed by atoms with Crippen molar-refractivity contribution in [3.8, 4) is 0 Å². The van der Waals surface area contributed by atoms with E-state index in [-0.39, 0.29) is 12.5 Å². The zero-order chi connectivity index (χ0) is 15.9. The second kappa shape index (κ2) is 5.47. The van der Waals surface area contributed by atoms with Gasteiger partial charge in [0.05, 0.1) is 28.5 Å². The first kappa shape index (κ1) is 14.4. The summed E-state index contributed by atoms with van der Waals surface area (Å²) in [6, 6.07) is 7.22. The Morgan fingerprint density at radius 1 is 1.43 bits per heavy atom. The van der Waals surface area contributed by atoms with E-state index in [1.807, 2.05) is 12.1 Å². The summed E-state index contributed by atoms with van der Waals surface area (Å²) < 4.78 is 6.38. The van der Waals surface area contributed by atoms with Gasteiger partial charge in [0.2, 0.25) is 0 Å². The van der Waals surface area contributed by atoms with E-state index in [9.17, 15) is 9.90 Å². The minimum absolute atomic E-state index is 0.180. The monoisotopic (exact) mass is 328 g/mol. The first-order valence-electron chi connectivity index (χ1n) is 7.56. The molecule has 1 aliphatic rings. The molecule has 118 valence electrons. The number of thiazole rings is 1. The van der Waals surface area contributed by atoms with E-state index in [0.29, 0.717) is 12.0 Å². The third-order valence-electron chi connectivity index (χ3n) is 4.38. The summed E-state index contributed by atoms with van der Waals surface area (Å²) in [5, 5.41) is 13.7. The number of furan rings is 1. The Morgan fingerprint density at radius 2 is 2.35 bits per heavy atom. The number of hydrogen-bond acceptors (Lipinski definition) is 5. The van der Waals surface area contributed by atoms with Crippen molar-refractivity contribution >= 4 is 27.5 Å². The first-order valence-corrected chi connectivity index (χ1v) is 8.44. The van der Waals surface area contributed by atoms with Crippen LogP contribution in [0.5, 0.6) is 0 Å². The Balaban J connectivity index is 1.51. The highest BCUT2D eigenvalue weighted by Gasteiger charge is 2.36. The Kier molecular flexibility index (Phi) is 3.43. The first-order chi connectivity index (χ1) is 11.2. The molecule has 2 aromatic heterocycles. The van der Waals surface area contributed by atoms with Crippen molar-refractivity contribution in [2.45, 2.75) is 24.9 Å². The van der Waals surface area contributed by atoms with E-state index < -0.39 is 5.60 Å². The number of aliphatic hydroxyl groups is 1. The molecule has 0 radical (unpaired) electrons. The summed E-state index contributed by atoms with van der Waals surface area (Å²) in [5.74, 6) is 0.628. The van der Waals surface area contributed by atoms with E-state index in [1.165, 1.54) is 11.3 Å². The van der Waals surface area contributed by atoms with Gasteiger partial charge in [-0.1, -0.05) is 0 Å². The molecule has 3 aromatic rings. The number of carbonyl (C=O) groups is 1. The van der Waals surface area contributed by atoms with Crippen LogP contribution < -0.4 is 5.32 Å². The van der Waals surface area contributed by atoms with Gasteiger partial charge in [0, 0.05) is 17.5 Å². The van der Waals surface area contributed by atoms with Gasteiger partial charge in [-0.2, -0.15) is 0 Å². The molecule has 0 aliphatic heterocycles. The van der Waals surface area contributed by atoms with Crippen LogP contribution in [-0.4, -0.2) is 22.5 Å². The standard InChI is InChI=1S/C17H16N2O3S/c20-16(11-3-4-13-15(8-11)23-10-19-13)18-9-17(21)6-1-2-14-12(17)5-7-22-14/h3-5,7-8,10,21H,1-2,6,9H2,(H,18,20). The van der Waals surface area contributed by atoms with Crippen LogP contribution in [-0.2, 0) is 12.0 Å². The zero-order valence-electron chi connectivity index (χ0n) is 12.4. The van der Waals surface area contributed by atoms with Gasteiger partial charge in [0.25, 0.3) is 5.91 Å². The minimum Gasteiger partial charge on any atom is -0.469 e. The molecule has 6 heteroatoms. The van der Waals surface area contributed by atoms with Crippen LogP contribution >= 0.6 is 11.3 Å². The van der Waals surface area contributed by atoms with Crippen LogP contribution in [0.2, 0.25) is 0 Å². The predicted octanol–water partition coefficient (Wildman–Crippen LogP) is 2.84. The normalized spacial score (nSPS) is 20.4. The third kappa shape index (κ3) is 2.54. The highest BCUT2D eigenvalue weighted by Crippen LogP contribution is 2.35. The van der Waals surface area contributed by atoms with E-state index in [4.69, 9.17) is 4.42 Å². The molecular formula is C17H16N2O3S. The number of fused-ring (bicyclic) bond motifs is 2. The lowest BCUT2D eigenvalue weighted by Gasteiger charge is -2.31. The second-order valence-electron chi connectivity index (χ2n) is 5.86. The number of aromatic nitrogens is 1. The topological polar surface area (TPSA) is 75.4 Å². The molecule has 0 saturated heterocycles. The number of hydrogen-bond donors (Lipinski definition) is 2. The van der Waals surface area contributed by atoms with Gasteiger partial charge < -0.3 is 14.8 Å². The molecule has 2 N–H and O–H groups in total. The van der Waals surface area contributed by atoms with Gasteiger partial charge in [0.1, 0.15) is 11.4 Å². The Hall–Kier alpha value is -2.18. The fraction of sp³-hybridized carbons (Fsp3) is 0.294. The zero-order valence-corrected chi connectivity index (χ0v) is 13.2. The maximum absolute atomic E-state index is 12.4. The van der Waals surface area contributed by atoms with E-state index in [0.717, 1.165) is 34.4 Å². The fourth-order valence-corrected chi connectivity index (χ4v) is 3.85. The number of aryl methyl sites for hydroxylation is 1. The van der Waals surface area contributed by atoms with E-state index in [1.54, 1.807) is 23.9 Å². The van der Waals surface area contributed by atoms with Crippen molar-refractivity contribution in [1.29, 1.82) is 0 Å². The van der Waals surface area contributed by atoms with Crippen LogP contribution in [0.15, 0.2) is 40.5 Å². The molecule has 1 amide bonds. The van der Waals surface area contributed by atoms with Gasteiger partial charge in [-0.25, -0.2) is 4.98 Å². The number of carbonyl (C=O) groups excluding carboxylic acids is 1. The Morgan fingerprint density at radius 3 is 3.26 bits per heavy atom. The maximum atomic E-state index is 12.4. The highest BCUT2D eigenvalue weighted by atomic mass is 32.1. The second-order valence-corrected chi connectivity index (χ2v) is 6.75. The van der Waals surface area contributed by atoms with Gasteiger partial charge in [-0.15, -0.1) is 11.3 Å². The van der Waals surface area contributed by atoms with Gasteiger partial charge in [-0.3, -0.25) is 4.79 Å². The molecule has 1 aliphatic carbocycles. The average molecular weight is 328 g/mol. The molecule has 1 aromatic carbocycles. The molecule has 1 atom stereocenters. The minimum atomic E-state index is -1.05. The quantitative estimate of drug-likeness (QED) is 0.775. The smallest absolute Gasteiger partial charge is 0.251 e. The lowest BCUT2D eigenvalue weighted by Crippen LogP contribution is -2.42. The molecule has 2 heterocycles.